The van der Waals surface area contributed by atoms with E-state index >= 15 is 0 Å². The predicted octanol–water partition coefficient (Wildman–Crippen LogP) is 4.22. The van der Waals surface area contributed by atoms with E-state index in [9.17, 15) is 4.39 Å². The molecule has 1 aliphatic carbocycles. The summed E-state index contributed by atoms with van der Waals surface area (Å²) in [6.07, 6.45) is 5.27. The Morgan fingerprint density at radius 3 is 2.47 bits per heavy atom. The third-order valence-electron chi connectivity index (χ3n) is 3.92. The first-order chi connectivity index (χ1) is 9.05. The molecule has 1 aromatic rings. The highest BCUT2D eigenvalue weighted by Gasteiger charge is 2.26. The molecule has 1 aliphatic rings. The van der Waals surface area contributed by atoms with Crippen molar-refractivity contribution in [3.05, 3.63) is 30.1 Å². The highest BCUT2D eigenvalue weighted by molar-refractivity contribution is 5.42. The molecule has 0 heterocycles. The Balaban J connectivity index is 1.61. The van der Waals surface area contributed by atoms with Crippen LogP contribution in [-0.2, 0) is 4.74 Å². The lowest BCUT2D eigenvalue weighted by molar-refractivity contribution is 0.00945. The zero-order chi connectivity index (χ0) is 13.7. The minimum absolute atomic E-state index is 0.202. The summed E-state index contributed by atoms with van der Waals surface area (Å²) in [5.74, 6) is -0.202. The number of anilines is 1. The van der Waals surface area contributed by atoms with Gasteiger partial charge in [0.2, 0.25) is 0 Å². The summed E-state index contributed by atoms with van der Waals surface area (Å²) in [4.78, 5) is 0. The highest BCUT2D eigenvalue weighted by atomic mass is 19.1. The van der Waals surface area contributed by atoms with Crippen LogP contribution in [0.2, 0.25) is 0 Å². The summed E-state index contributed by atoms with van der Waals surface area (Å²) < 4.78 is 18.6. The summed E-state index contributed by atoms with van der Waals surface area (Å²) >= 11 is 0. The topological polar surface area (TPSA) is 21.3 Å². The summed E-state index contributed by atoms with van der Waals surface area (Å²) in [6.45, 7) is 6.15. The van der Waals surface area contributed by atoms with Crippen LogP contribution in [0.5, 0.6) is 0 Å². The van der Waals surface area contributed by atoms with Gasteiger partial charge in [0.25, 0.3) is 0 Å². The quantitative estimate of drug-likeness (QED) is 0.805. The summed E-state index contributed by atoms with van der Waals surface area (Å²) in [6, 6.07) is 6.43. The van der Waals surface area contributed by atoms with E-state index in [1.165, 1.54) is 37.8 Å². The fourth-order valence-corrected chi connectivity index (χ4v) is 2.53. The largest absolute Gasteiger partial charge is 0.383 e. The van der Waals surface area contributed by atoms with Crippen molar-refractivity contribution in [3.8, 4) is 0 Å². The number of benzene rings is 1. The molecule has 0 aliphatic heterocycles. The molecule has 2 nitrogen and oxygen atoms in total. The van der Waals surface area contributed by atoms with E-state index in [-0.39, 0.29) is 5.82 Å². The van der Waals surface area contributed by atoms with Gasteiger partial charge < -0.3 is 10.1 Å². The van der Waals surface area contributed by atoms with Crippen LogP contribution in [0.25, 0.3) is 0 Å². The zero-order valence-corrected chi connectivity index (χ0v) is 11.9. The molecular formula is C16H24FNO. The molecule has 3 heteroatoms. The van der Waals surface area contributed by atoms with Gasteiger partial charge in [0.05, 0.1) is 12.7 Å². The summed E-state index contributed by atoms with van der Waals surface area (Å²) in [7, 11) is 0. The first kappa shape index (κ1) is 14.3. The van der Waals surface area contributed by atoms with E-state index in [4.69, 9.17) is 4.74 Å². The molecule has 0 radical (unpaired) electrons. The van der Waals surface area contributed by atoms with E-state index in [1.807, 2.05) is 0 Å². The molecule has 2 rings (SSSR count). The number of hydrogen-bond acceptors (Lipinski definition) is 2. The van der Waals surface area contributed by atoms with Crippen molar-refractivity contribution in [1.82, 2.24) is 0 Å². The smallest absolute Gasteiger partial charge is 0.123 e. The summed E-state index contributed by atoms with van der Waals surface area (Å²) in [5, 5.41) is 3.24. The van der Waals surface area contributed by atoms with Crippen molar-refractivity contribution in [2.45, 2.75) is 45.6 Å². The number of nitrogens with one attached hydrogen (secondary N) is 1. The third-order valence-corrected chi connectivity index (χ3v) is 3.92. The fraction of sp³-hybridized carbons (Fsp3) is 0.625. The highest BCUT2D eigenvalue weighted by Crippen LogP contribution is 2.36. The van der Waals surface area contributed by atoms with Crippen LogP contribution in [0.3, 0.4) is 0 Å². The second kappa shape index (κ2) is 6.38. The molecule has 0 spiro atoms. The lowest BCUT2D eigenvalue weighted by Crippen LogP contribution is -2.27. The van der Waals surface area contributed by atoms with E-state index in [1.54, 1.807) is 12.1 Å². The minimum atomic E-state index is -0.202. The van der Waals surface area contributed by atoms with Gasteiger partial charge in [0.15, 0.2) is 0 Å². The lowest BCUT2D eigenvalue weighted by Gasteiger charge is -2.34. The number of rotatable bonds is 5. The standard InChI is InChI=1S/C16H24FNO/c1-16(2)9-7-15(8-10-16)19-12-11-18-14-5-3-13(17)4-6-14/h3-6,15,18H,7-12H2,1-2H3. The molecule has 0 unspecified atom stereocenters. The maximum absolute atomic E-state index is 12.7. The molecule has 0 aromatic heterocycles. The molecule has 19 heavy (non-hydrogen) atoms. The molecule has 1 N–H and O–H groups in total. The van der Waals surface area contributed by atoms with Crippen molar-refractivity contribution in [2.24, 2.45) is 5.41 Å². The molecule has 0 bridgehead atoms. The molecular weight excluding hydrogens is 241 g/mol. The van der Waals surface area contributed by atoms with Crippen molar-refractivity contribution < 1.29 is 9.13 Å². The molecule has 1 aromatic carbocycles. The predicted molar refractivity (Wildman–Crippen MR) is 76.9 cm³/mol. The normalized spacial score (nSPS) is 19.3. The van der Waals surface area contributed by atoms with Crippen molar-refractivity contribution in [3.63, 3.8) is 0 Å². The number of hydrogen-bond donors (Lipinski definition) is 1. The van der Waals surface area contributed by atoms with Crippen LogP contribution in [0.1, 0.15) is 39.5 Å². The van der Waals surface area contributed by atoms with Gasteiger partial charge in [-0.3, -0.25) is 0 Å². The maximum atomic E-state index is 12.7. The molecule has 0 amide bonds. The average molecular weight is 265 g/mol. The Hall–Kier alpha value is -1.09. The second-order valence-corrected chi connectivity index (χ2v) is 6.17. The van der Waals surface area contributed by atoms with Crippen LogP contribution < -0.4 is 5.32 Å². The van der Waals surface area contributed by atoms with Crippen molar-refractivity contribution >= 4 is 5.69 Å². The van der Waals surface area contributed by atoms with Gasteiger partial charge in [0.1, 0.15) is 5.82 Å². The third kappa shape index (κ3) is 4.83. The van der Waals surface area contributed by atoms with Gasteiger partial charge in [-0.05, 0) is 55.4 Å². The van der Waals surface area contributed by atoms with Gasteiger partial charge in [-0.25, -0.2) is 4.39 Å². The second-order valence-electron chi connectivity index (χ2n) is 6.17. The monoisotopic (exact) mass is 265 g/mol. The van der Waals surface area contributed by atoms with Crippen molar-refractivity contribution in [2.75, 3.05) is 18.5 Å². The van der Waals surface area contributed by atoms with Crippen LogP contribution in [0.4, 0.5) is 10.1 Å². The van der Waals surface area contributed by atoms with E-state index in [2.05, 4.69) is 19.2 Å². The van der Waals surface area contributed by atoms with Crippen LogP contribution in [-0.4, -0.2) is 19.3 Å². The first-order valence-electron chi connectivity index (χ1n) is 7.16. The van der Waals surface area contributed by atoms with E-state index in [0.717, 1.165) is 12.2 Å². The van der Waals surface area contributed by atoms with Gasteiger partial charge in [-0.1, -0.05) is 13.8 Å². The van der Waals surface area contributed by atoms with E-state index < -0.39 is 0 Å². The Bertz CT molecular complexity index is 378. The minimum Gasteiger partial charge on any atom is -0.383 e. The van der Waals surface area contributed by atoms with Crippen LogP contribution >= 0.6 is 0 Å². The Labute approximate surface area is 115 Å². The maximum Gasteiger partial charge on any atom is 0.123 e. The zero-order valence-electron chi connectivity index (χ0n) is 11.9. The van der Waals surface area contributed by atoms with E-state index in [0.29, 0.717) is 18.1 Å². The summed E-state index contributed by atoms with van der Waals surface area (Å²) in [5.41, 5.74) is 1.43. The van der Waals surface area contributed by atoms with Crippen LogP contribution in [0.15, 0.2) is 24.3 Å². The Morgan fingerprint density at radius 2 is 1.84 bits per heavy atom. The SMILES string of the molecule is CC1(C)CCC(OCCNc2ccc(F)cc2)CC1. The van der Waals surface area contributed by atoms with Gasteiger partial charge in [0, 0.05) is 12.2 Å². The average Bonchev–Trinajstić information content (AvgIpc) is 2.38. The fourth-order valence-electron chi connectivity index (χ4n) is 2.53. The lowest BCUT2D eigenvalue weighted by atomic mass is 9.76. The van der Waals surface area contributed by atoms with Crippen molar-refractivity contribution in [1.29, 1.82) is 0 Å². The molecule has 1 saturated carbocycles. The Kier molecular flexibility index (Phi) is 4.81. The van der Waals surface area contributed by atoms with Gasteiger partial charge >= 0.3 is 0 Å². The first-order valence-corrected chi connectivity index (χ1v) is 7.16. The van der Waals surface area contributed by atoms with Gasteiger partial charge in [-0.2, -0.15) is 0 Å². The molecule has 0 atom stereocenters. The van der Waals surface area contributed by atoms with Crippen LogP contribution in [0, 0.1) is 11.2 Å². The Morgan fingerprint density at radius 1 is 1.21 bits per heavy atom. The molecule has 0 saturated heterocycles. The molecule has 1 fully saturated rings. The molecule has 106 valence electrons. The van der Waals surface area contributed by atoms with Gasteiger partial charge in [-0.15, -0.1) is 0 Å². The number of halogens is 1. The number of ether oxygens (including phenoxy) is 1.